The monoisotopic (exact) mass is 1130 g/mol. The van der Waals surface area contributed by atoms with Gasteiger partial charge in [0.1, 0.15) is 23.0 Å². The maximum atomic E-state index is 14.6. The van der Waals surface area contributed by atoms with Crippen molar-refractivity contribution in [3.8, 4) is 0 Å². The summed E-state index contributed by atoms with van der Waals surface area (Å²) >= 11 is 8.26. The minimum atomic E-state index is -4.04. The molecule has 5 aromatic rings. The van der Waals surface area contributed by atoms with Crippen molar-refractivity contribution in [1.29, 1.82) is 0 Å². The third-order valence-corrected chi connectivity index (χ3v) is 14.9. The summed E-state index contributed by atoms with van der Waals surface area (Å²) in [5, 5.41) is 2.44. The summed E-state index contributed by atoms with van der Waals surface area (Å²) in [6.45, 7) is 1.79. The van der Waals surface area contributed by atoms with E-state index in [1.54, 1.807) is 42.8 Å². The molecule has 69 heavy (non-hydrogen) atoms. The minimum absolute atomic E-state index is 0.0395. The lowest BCUT2D eigenvalue weighted by Gasteiger charge is -2.34. The molecule has 25 heteroatoms. The van der Waals surface area contributed by atoms with Crippen molar-refractivity contribution >= 4 is 100 Å². The third kappa shape index (κ3) is 13.9. The molecule has 1 fully saturated rings. The lowest BCUT2D eigenvalue weighted by atomic mass is 10.0. The third-order valence-electron chi connectivity index (χ3n) is 10.5. The van der Waals surface area contributed by atoms with Crippen LogP contribution in [0, 0.1) is 26.8 Å². The number of benzene rings is 4. The number of amides is 1. The van der Waals surface area contributed by atoms with Crippen molar-refractivity contribution in [2.75, 3.05) is 88.4 Å². The Labute approximate surface area is 413 Å². The van der Waals surface area contributed by atoms with Crippen LogP contribution in [0.15, 0.2) is 95.0 Å². The summed E-state index contributed by atoms with van der Waals surface area (Å²) in [6, 6.07) is 14.8. The average Bonchev–Trinajstić information content (AvgIpc) is 3.33. The molecule has 3 heterocycles. The van der Waals surface area contributed by atoms with Gasteiger partial charge in [-0.05, 0) is 100 Å². The molecule has 1 aromatic heterocycles. The Morgan fingerprint density at radius 2 is 1.49 bits per heavy atom. The Hall–Kier alpha value is -4.90. The van der Waals surface area contributed by atoms with Crippen LogP contribution in [0.1, 0.15) is 15.9 Å². The summed E-state index contributed by atoms with van der Waals surface area (Å²) < 4.78 is 129. The number of carbonyl (C=O) groups excluding carboxylic acids is 1. The predicted molar refractivity (Wildman–Crippen MR) is 258 cm³/mol. The van der Waals surface area contributed by atoms with Crippen molar-refractivity contribution in [3.05, 3.63) is 123 Å². The number of nitrogens with one attached hydrogen (secondary N) is 3. The maximum absolute atomic E-state index is 14.6. The molecular formula is C44H44ClF4IN8O9S2. The Bertz CT molecular complexity index is 2920. The number of rotatable bonds is 22. The molecule has 2 atom stereocenters. The largest absolute Gasteiger partial charge is 0.378 e. The highest BCUT2D eigenvalue weighted by molar-refractivity contribution is 14.1. The summed E-state index contributed by atoms with van der Waals surface area (Å²) in [5.41, 5.74) is 2.60. The van der Waals surface area contributed by atoms with Gasteiger partial charge < -0.3 is 24.4 Å². The lowest BCUT2D eigenvalue weighted by molar-refractivity contribution is -0.0193. The average molecular weight is 1130 g/mol. The van der Waals surface area contributed by atoms with Crippen LogP contribution in [-0.2, 0) is 39.1 Å². The number of fused-ring (bicyclic) bond motifs is 1. The van der Waals surface area contributed by atoms with Gasteiger partial charge in [0, 0.05) is 36.0 Å². The summed E-state index contributed by atoms with van der Waals surface area (Å²) in [6.07, 6.45) is 4.82. The first-order valence-corrected chi connectivity index (χ1v) is 25.7. The number of anilines is 3. The zero-order chi connectivity index (χ0) is 49.1. The highest BCUT2D eigenvalue weighted by Crippen LogP contribution is 2.30. The van der Waals surface area contributed by atoms with Gasteiger partial charge in [0.25, 0.3) is 5.91 Å². The van der Waals surface area contributed by atoms with E-state index in [0.717, 1.165) is 36.4 Å². The van der Waals surface area contributed by atoms with Crippen LogP contribution in [0.3, 0.4) is 0 Å². The van der Waals surface area contributed by atoms with Gasteiger partial charge in [-0.15, -0.1) is 0 Å². The number of aromatic nitrogens is 2. The van der Waals surface area contributed by atoms with E-state index in [0.29, 0.717) is 44.6 Å². The van der Waals surface area contributed by atoms with E-state index in [1.165, 1.54) is 16.4 Å². The van der Waals surface area contributed by atoms with E-state index >= 15 is 0 Å². The Kier molecular flexibility index (Phi) is 17.9. The molecular weight excluding hydrogens is 1090 g/mol. The van der Waals surface area contributed by atoms with Crippen molar-refractivity contribution < 1.29 is 58.2 Å². The number of piperazine rings is 1. The molecule has 17 nitrogen and oxygen atoms in total. The number of aliphatic imine (C=N–C) groups is 1. The summed E-state index contributed by atoms with van der Waals surface area (Å²) in [4.78, 5) is 33.2. The second kappa shape index (κ2) is 23.8. The number of alkyl halides is 1. The van der Waals surface area contributed by atoms with Crippen molar-refractivity contribution in [2.24, 2.45) is 4.99 Å². The highest BCUT2D eigenvalue weighted by Gasteiger charge is 2.29. The van der Waals surface area contributed by atoms with E-state index in [4.69, 9.17) is 35.6 Å². The van der Waals surface area contributed by atoms with Gasteiger partial charge in [0.2, 0.25) is 20.0 Å². The van der Waals surface area contributed by atoms with Crippen LogP contribution in [-0.4, -0.2) is 133 Å². The first-order chi connectivity index (χ1) is 33.1. The second-order valence-corrected chi connectivity index (χ2v) is 20.7. The molecule has 7 rings (SSSR count). The molecule has 368 valence electrons. The number of carbonyl (C=O) groups is 1. The summed E-state index contributed by atoms with van der Waals surface area (Å²) in [5.74, 6) is -4.46. The van der Waals surface area contributed by atoms with Gasteiger partial charge in [-0.2, -0.15) is 4.31 Å². The number of halogens is 6. The highest BCUT2D eigenvalue weighted by atomic mass is 127. The maximum Gasteiger partial charge on any atom is 0.277 e. The lowest BCUT2D eigenvalue weighted by Crippen LogP contribution is -2.49. The number of nitrogens with zero attached hydrogens (tertiary/aromatic N) is 5. The SMILES string of the molecule is O=C(NOCCOCCOCCOCCS(=O)(=O)N1CCN(c2cnc3ccc(C4=CC(NS(=O)(=O)c5ccc(F)cc5)C(Cl)N=C4)cc3n2)CC1)c1ccc(F)c(F)c1Nc1ccc(I)cc1F. The van der Waals surface area contributed by atoms with Gasteiger partial charge in [0.05, 0.1) is 97.1 Å². The number of hydroxylamine groups is 1. The Morgan fingerprint density at radius 3 is 2.20 bits per heavy atom. The molecule has 0 aliphatic carbocycles. The number of ether oxygens (including phenoxy) is 3. The zero-order valence-corrected chi connectivity index (χ0v) is 40.8. The Morgan fingerprint density at radius 1 is 0.797 bits per heavy atom. The van der Waals surface area contributed by atoms with Crippen LogP contribution in [0.5, 0.6) is 0 Å². The molecule has 2 aliphatic heterocycles. The molecule has 4 aromatic carbocycles. The molecule has 0 bridgehead atoms. The van der Waals surface area contributed by atoms with Gasteiger partial charge in [-0.3, -0.25) is 19.6 Å². The Balaban J connectivity index is 0.772. The molecule has 1 amide bonds. The van der Waals surface area contributed by atoms with Crippen LogP contribution in [0.2, 0.25) is 0 Å². The smallest absolute Gasteiger partial charge is 0.277 e. The van der Waals surface area contributed by atoms with E-state index in [-0.39, 0.29) is 81.2 Å². The summed E-state index contributed by atoms with van der Waals surface area (Å²) in [7, 11) is -7.66. The molecule has 2 unspecified atom stereocenters. The number of hydrogen-bond acceptors (Lipinski definition) is 14. The van der Waals surface area contributed by atoms with E-state index < -0.39 is 66.5 Å². The van der Waals surface area contributed by atoms with Crippen LogP contribution >= 0.6 is 34.2 Å². The van der Waals surface area contributed by atoms with Crippen molar-refractivity contribution in [1.82, 2.24) is 24.5 Å². The predicted octanol–water partition coefficient (Wildman–Crippen LogP) is 5.78. The first kappa shape index (κ1) is 51.9. The van der Waals surface area contributed by atoms with Gasteiger partial charge in [-0.25, -0.2) is 49.6 Å². The fourth-order valence-electron chi connectivity index (χ4n) is 6.91. The molecule has 1 saturated heterocycles. The molecule has 2 aliphatic rings. The molecule has 0 spiro atoms. The molecule has 0 radical (unpaired) electrons. The fraction of sp³-hybridized carbons (Fsp3) is 0.318. The van der Waals surface area contributed by atoms with E-state index in [2.05, 4.69) is 25.5 Å². The fourth-order valence-corrected chi connectivity index (χ4v) is 10.1. The second-order valence-electron chi connectivity index (χ2n) is 15.2. The van der Waals surface area contributed by atoms with Gasteiger partial charge in [-0.1, -0.05) is 23.7 Å². The number of allylic oxidation sites excluding steroid dienone is 1. The zero-order valence-electron chi connectivity index (χ0n) is 36.3. The van der Waals surface area contributed by atoms with Crippen LogP contribution in [0.25, 0.3) is 16.6 Å². The van der Waals surface area contributed by atoms with E-state index in [1.807, 2.05) is 27.5 Å². The van der Waals surface area contributed by atoms with Crippen molar-refractivity contribution in [2.45, 2.75) is 16.4 Å². The van der Waals surface area contributed by atoms with Gasteiger partial charge in [0.15, 0.2) is 11.6 Å². The normalized spacial score (nSPS) is 16.7. The quantitative estimate of drug-likeness (QED) is 0.0188. The first-order valence-electron chi connectivity index (χ1n) is 21.1. The number of dihydropyridines is 1. The van der Waals surface area contributed by atoms with Crippen LogP contribution < -0.4 is 20.4 Å². The topological polar surface area (TPSA) is 203 Å². The van der Waals surface area contributed by atoms with Gasteiger partial charge >= 0.3 is 0 Å². The number of sulfonamides is 2. The van der Waals surface area contributed by atoms with Crippen LogP contribution in [0.4, 0.5) is 34.8 Å². The standard InChI is InChI=1S/C44H44ClF4IN8O9S2/c45-43-39(56-69(62,63)32-5-2-30(46)3-6-32)24-29(26-52-43)28-1-9-37-38(23-28)53-40(27-51-37)57-11-13-58(14-12-57)68(60,61)22-21-66-18-17-64-15-16-65-19-20-67-55-44(59)33-7-8-34(47)41(49)42(33)54-36-10-4-31(50)25-35(36)48/h1-10,23-27,39,43,54,56H,11-22H2,(H,55,59). The molecule has 3 N–H and O–H groups in total. The molecule has 0 saturated carbocycles. The minimum Gasteiger partial charge on any atom is -0.378 e. The van der Waals surface area contributed by atoms with Crippen molar-refractivity contribution in [3.63, 3.8) is 0 Å². The van der Waals surface area contributed by atoms with E-state index in [9.17, 15) is 39.2 Å². The number of hydrogen-bond donors (Lipinski definition) is 3.